The Hall–Kier alpha value is -1.09. The number of halogens is 1. The fraction of sp³-hybridized carbons (Fsp3) is 0.600. The Bertz CT molecular complexity index is 354. The predicted octanol–water partition coefficient (Wildman–Crippen LogP) is 4.07. The lowest BCUT2D eigenvalue weighted by molar-refractivity contribution is 0.302. The van der Waals surface area contributed by atoms with Crippen molar-refractivity contribution >= 4 is 0 Å². The Labute approximate surface area is 110 Å². The van der Waals surface area contributed by atoms with Gasteiger partial charge in [0.1, 0.15) is 11.6 Å². The van der Waals surface area contributed by atoms with Gasteiger partial charge in [-0.15, -0.1) is 0 Å². The Morgan fingerprint density at radius 1 is 1.28 bits per heavy atom. The molecule has 0 aliphatic carbocycles. The maximum absolute atomic E-state index is 13.3. The van der Waals surface area contributed by atoms with E-state index >= 15 is 0 Å². The zero-order valence-electron chi connectivity index (χ0n) is 11.6. The second kappa shape index (κ2) is 8.09. The molecule has 0 amide bonds. The Morgan fingerprint density at radius 3 is 2.72 bits per heavy atom. The van der Waals surface area contributed by atoms with Gasteiger partial charge in [-0.2, -0.15) is 0 Å². The van der Waals surface area contributed by atoms with Gasteiger partial charge in [-0.05, 0) is 44.5 Å². The lowest BCUT2D eigenvalue weighted by Gasteiger charge is -2.18. The van der Waals surface area contributed by atoms with Crippen molar-refractivity contribution in [1.29, 1.82) is 0 Å². The third kappa shape index (κ3) is 4.65. The largest absolute Gasteiger partial charge is 0.493 e. The molecule has 0 saturated carbocycles. The molecule has 18 heavy (non-hydrogen) atoms. The fourth-order valence-corrected chi connectivity index (χ4v) is 1.79. The molecule has 1 aromatic carbocycles. The molecule has 0 heterocycles. The van der Waals surface area contributed by atoms with Gasteiger partial charge in [0.2, 0.25) is 0 Å². The Balaban J connectivity index is 2.75. The fourth-order valence-electron chi connectivity index (χ4n) is 1.79. The Morgan fingerprint density at radius 2 is 2.06 bits per heavy atom. The third-order valence-electron chi connectivity index (χ3n) is 2.89. The molecule has 3 heteroatoms. The molecule has 1 atom stereocenters. The van der Waals surface area contributed by atoms with Crippen molar-refractivity contribution in [2.75, 3.05) is 13.2 Å². The minimum Gasteiger partial charge on any atom is -0.493 e. The lowest BCUT2D eigenvalue weighted by Crippen LogP contribution is -2.20. The number of rotatable bonds is 8. The summed E-state index contributed by atoms with van der Waals surface area (Å²) in [7, 11) is 0. The van der Waals surface area contributed by atoms with Gasteiger partial charge in [0.25, 0.3) is 0 Å². The molecule has 0 aliphatic heterocycles. The molecule has 0 bridgehead atoms. The van der Waals surface area contributed by atoms with Crippen LogP contribution in [0.5, 0.6) is 5.75 Å². The van der Waals surface area contributed by atoms with Gasteiger partial charge >= 0.3 is 0 Å². The van der Waals surface area contributed by atoms with Crippen LogP contribution in [-0.2, 0) is 0 Å². The summed E-state index contributed by atoms with van der Waals surface area (Å²) in [5.74, 6) is 0.582. The summed E-state index contributed by atoms with van der Waals surface area (Å²) in [5.41, 5.74) is 0.902. The first-order chi connectivity index (χ1) is 8.69. The van der Waals surface area contributed by atoms with Gasteiger partial charge in [-0.3, -0.25) is 0 Å². The molecular weight excluding hydrogens is 229 g/mol. The van der Waals surface area contributed by atoms with Crippen LogP contribution in [-0.4, -0.2) is 13.2 Å². The quantitative estimate of drug-likeness (QED) is 0.705. The van der Waals surface area contributed by atoms with Crippen LogP contribution < -0.4 is 10.1 Å². The summed E-state index contributed by atoms with van der Waals surface area (Å²) in [6.07, 6.45) is 3.18. The van der Waals surface area contributed by atoms with Crippen LogP contribution in [0, 0.1) is 5.82 Å². The molecular formula is C15H24FNO. The monoisotopic (exact) mass is 253 g/mol. The van der Waals surface area contributed by atoms with E-state index in [-0.39, 0.29) is 11.9 Å². The van der Waals surface area contributed by atoms with Gasteiger partial charge in [0.15, 0.2) is 0 Å². The van der Waals surface area contributed by atoms with Gasteiger partial charge in [0, 0.05) is 11.6 Å². The van der Waals surface area contributed by atoms with Crippen LogP contribution in [0.4, 0.5) is 4.39 Å². The van der Waals surface area contributed by atoms with Crippen molar-refractivity contribution in [3.8, 4) is 5.75 Å². The van der Waals surface area contributed by atoms with E-state index in [1.807, 2.05) is 6.92 Å². The van der Waals surface area contributed by atoms with Crippen molar-refractivity contribution in [1.82, 2.24) is 5.32 Å². The highest BCUT2D eigenvalue weighted by molar-refractivity contribution is 5.36. The minimum absolute atomic E-state index is 0.109. The third-order valence-corrected chi connectivity index (χ3v) is 2.89. The van der Waals surface area contributed by atoms with Gasteiger partial charge < -0.3 is 10.1 Å². The van der Waals surface area contributed by atoms with E-state index in [2.05, 4.69) is 19.2 Å². The summed E-state index contributed by atoms with van der Waals surface area (Å²) < 4.78 is 19.1. The standard InChI is InChI=1S/C15H24FNO/c1-4-6-10-18-15-8-7-13(16)11-14(15)12(3)17-9-5-2/h7-8,11-12,17H,4-6,9-10H2,1-3H3. The average Bonchev–Trinajstić information content (AvgIpc) is 2.38. The van der Waals surface area contributed by atoms with E-state index in [0.29, 0.717) is 6.61 Å². The average molecular weight is 253 g/mol. The highest BCUT2D eigenvalue weighted by Gasteiger charge is 2.12. The van der Waals surface area contributed by atoms with E-state index in [1.54, 1.807) is 12.1 Å². The number of unbranched alkanes of at least 4 members (excludes halogenated alkanes) is 1. The van der Waals surface area contributed by atoms with Gasteiger partial charge in [-0.1, -0.05) is 20.3 Å². The second-order valence-corrected chi connectivity index (χ2v) is 4.56. The molecule has 1 aromatic rings. The molecule has 1 unspecified atom stereocenters. The summed E-state index contributed by atoms with van der Waals surface area (Å²) >= 11 is 0. The summed E-state index contributed by atoms with van der Waals surface area (Å²) in [6.45, 7) is 7.89. The normalized spacial score (nSPS) is 12.4. The highest BCUT2D eigenvalue weighted by Crippen LogP contribution is 2.26. The smallest absolute Gasteiger partial charge is 0.124 e. The van der Waals surface area contributed by atoms with Crippen LogP contribution in [0.15, 0.2) is 18.2 Å². The number of hydrogen-bond acceptors (Lipinski definition) is 2. The molecule has 0 spiro atoms. The van der Waals surface area contributed by atoms with E-state index in [4.69, 9.17) is 4.74 Å². The van der Waals surface area contributed by atoms with Crippen molar-refractivity contribution in [2.24, 2.45) is 0 Å². The van der Waals surface area contributed by atoms with E-state index in [9.17, 15) is 4.39 Å². The first kappa shape index (κ1) is 15.0. The summed E-state index contributed by atoms with van der Waals surface area (Å²) in [5, 5.41) is 3.36. The second-order valence-electron chi connectivity index (χ2n) is 4.56. The van der Waals surface area contributed by atoms with Gasteiger partial charge in [0.05, 0.1) is 6.61 Å². The lowest BCUT2D eigenvalue weighted by atomic mass is 10.1. The zero-order valence-corrected chi connectivity index (χ0v) is 11.6. The predicted molar refractivity (Wildman–Crippen MR) is 73.5 cm³/mol. The highest BCUT2D eigenvalue weighted by atomic mass is 19.1. The molecule has 0 aromatic heterocycles. The molecule has 1 rings (SSSR count). The molecule has 102 valence electrons. The summed E-state index contributed by atoms with van der Waals surface area (Å²) in [4.78, 5) is 0. The van der Waals surface area contributed by atoms with Crippen molar-refractivity contribution < 1.29 is 9.13 Å². The first-order valence-electron chi connectivity index (χ1n) is 6.84. The number of ether oxygens (including phenoxy) is 1. The molecule has 0 saturated heterocycles. The van der Waals surface area contributed by atoms with Crippen LogP contribution in [0.1, 0.15) is 51.6 Å². The van der Waals surface area contributed by atoms with E-state index < -0.39 is 0 Å². The summed E-state index contributed by atoms with van der Waals surface area (Å²) in [6, 6.07) is 4.85. The van der Waals surface area contributed by atoms with Crippen LogP contribution >= 0.6 is 0 Å². The van der Waals surface area contributed by atoms with Crippen LogP contribution in [0.25, 0.3) is 0 Å². The van der Waals surface area contributed by atoms with Crippen molar-refractivity contribution in [3.05, 3.63) is 29.6 Å². The zero-order chi connectivity index (χ0) is 13.4. The molecule has 0 radical (unpaired) electrons. The molecule has 0 aliphatic rings. The van der Waals surface area contributed by atoms with Crippen LogP contribution in [0.2, 0.25) is 0 Å². The first-order valence-corrected chi connectivity index (χ1v) is 6.84. The minimum atomic E-state index is -0.210. The molecule has 1 N–H and O–H groups in total. The van der Waals surface area contributed by atoms with Crippen molar-refractivity contribution in [3.63, 3.8) is 0 Å². The van der Waals surface area contributed by atoms with Crippen LogP contribution in [0.3, 0.4) is 0 Å². The Kier molecular flexibility index (Phi) is 6.73. The molecule has 2 nitrogen and oxygen atoms in total. The number of hydrogen-bond donors (Lipinski definition) is 1. The molecule has 0 fully saturated rings. The topological polar surface area (TPSA) is 21.3 Å². The number of nitrogens with one attached hydrogen (secondary N) is 1. The SMILES string of the molecule is CCCCOc1ccc(F)cc1C(C)NCCC. The van der Waals surface area contributed by atoms with E-state index in [1.165, 1.54) is 6.07 Å². The van der Waals surface area contributed by atoms with Gasteiger partial charge in [-0.25, -0.2) is 4.39 Å². The number of benzene rings is 1. The maximum atomic E-state index is 13.3. The van der Waals surface area contributed by atoms with Crippen molar-refractivity contribution in [2.45, 2.75) is 46.1 Å². The maximum Gasteiger partial charge on any atom is 0.124 e. The van der Waals surface area contributed by atoms with E-state index in [0.717, 1.165) is 37.1 Å².